The van der Waals surface area contributed by atoms with Crippen LogP contribution in [0.25, 0.3) is 33.3 Å². The molecule has 0 fully saturated rings. The molecule has 2 aromatic carbocycles. The van der Waals surface area contributed by atoms with Gasteiger partial charge in [0, 0.05) is 40.9 Å². The van der Waals surface area contributed by atoms with Gasteiger partial charge in [-0.3, -0.25) is 14.6 Å². The fourth-order valence-electron chi connectivity index (χ4n) is 4.01. The molecule has 0 spiro atoms. The van der Waals surface area contributed by atoms with Crippen molar-refractivity contribution >= 4 is 26.8 Å². The van der Waals surface area contributed by atoms with Crippen LogP contribution in [0.1, 0.15) is 11.6 Å². The van der Waals surface area contributed by atoms with E-state index in [0.29, 0.717) is 10.0 Å². The number of aromatic nitrogens is 5. The highest BCUT2D eigenvalue weighted by atomic mass is 79.9. The SMILES string of the molecule is Cn1cc(-c2n[nH]c3ccc(-c4ccn(C(CO)c5cc(F)cc(Br)c5)c(=O)c4)cc23)cn1. The average molecular weight is 508 g/mol. The Morgan fingerprint density at radius 3 is 2.64 bits per heavy atom. The van der Waals surface area contributed by atoms with Crippen molar-refractivity contribution in [3.63, 3.8) is 0 Å². The van der Waals surface area contributed by atoms with Crippen LogP contribution in [0.15, 0.2) is 76.4 Å². The van der Waals surface area contributed by atoms with Crippen molar-refractivity contribution in [1.29, 1.82) is 0 Å². The predicted octanol–water partition coefficient (Wildman–Crippen LogP) is 4.28. The molecule has 0 aliphatic carbocycles. The molecule has 33 heavy (non-hydrogen) atoms. The van der Waals surface area contributed by atoms with Gasteiger partial charge in [0.2, 0.25) is 0 Å². The van der Waals surface area contributed by atoms with Gasteiger partial charge in [-0.05, 0) is 53.1 Å². The first-order valence-electron chi connectivity index (χ1n) is 10.2. The first-order valence-corrected chi connectivity index (χ1v) is 11.0. The van der Waals surface area contributed by atoms with Gasteiger partial charge in [-0.15, -0.1) is 0 Å². The van der Waals surface area contributed by atoms with Crippen molar-refractivity contribution in [3.8, 4) is 22.4 Å². The molecule has 0 saturated heterocycles. The maximum atomic E-state index is 13.9. The van der Waals surface area contributed by atoms with E-state index in [-0.39, 0.29) is 12.2 Å². The Kier molecular flexibility index (Phi) is 5.43. The number of halogens is 2. The first-order chi connectivity index (χ1) is 15.9. The lowest BCUT2D eigenvalue weighted by Gasteiger charge is -2.19. The minimum atomic E-state index is -0.702. The highest BCUT2D eigenvalue weighted by Crippen LogP contribution is 2.30. The van der Waals surface area contributed by atoms with Crippen molar-refractivity contribution in [2.75, 3.05) is 6.61 Å². The number of hydrogen-bond acceptors (Lipinski definition) is 4. The zero-order valence-corrected chi connectivity index (χ0v) is 19.1. The largest absolute Gasteiger partial charge is 0.394 e. The number of H-pyrrole nitrogens is 1. The predicted molar refractivity (Wildman–Crippen MR) is 127 cm³/mol. The molecule has 5 rings (SSSR count). The third-order valence-corrected chi connectivity index (χ3v) is 6.06. The molecular weight excluding hydrogens is 489 g/mol. The lowest BCUT2D eigenvalue weighted by molar-refractivity contribution is 0.246. The van der Waals surface area contributed by atoms with E-state index in [9.17, 15) is 14.3 Å². The van der Waals surface area contributed by atoms with E-state index in [2.05, 4.69) is 31.2 Å². The molecule has 0 aliphatic rings. The Hall–Kier alpha value is -3.56. The number of nitrogens with zero attached hydrogens (tertiary/aromatic N) is 4. The van der Waals surface area contributed by atoms with E-state index in [1.54, 1.807) is 23.1 Å². The lowest BCUT2D eigenvalue weighted by Crippen LogP contribution is -2.27. The van der Waals surface area contributed by atoms with Crippen molar-refractivity contribution in [3.05, 3.63) is 93.3 Å². The zero-order chi connectivity index (χ0) is 23.1. The molecule has 3 heterocycles. The van der Waals surface area contributed by atoms with Crippen molar-refractivity contribution in [1.82, 2.24) is 24.5 Å². The summed E-state index contributed by atoms with van der Waals surface area (Å²) in [5, 5.41) is 22.5. The van der Waals surface area contributed by atoms with E-state index < -0.39 is 11.9 Å². The molecule has 7 nitrogen and oxygen atoms in total. The smallest absolute Gasteiger partial charge is 0.251 e. The number of aliphatic hydroxyl groups is 1. The van der Waals surface area contributed by atoms with Gasteiger partial charge >= 0.3 is 0 Å². The van der Waals surface area contributed by atoms with Crippen LogP contribution in [0, 0.1) is 5.82 Å². The molecule has 1 atom stereocenters. The summed E-state index contributed by atoms with van der Waals surface area (Å²) < 4.78 is 17.5. The molecule has 0 aliphatic heterocycles. The molecule has 0 bridgehead atoms. The number of rotatable bonds is 5. The highest BCUT2D eigenvalue weighted by Gasteiger charge is 2.17. The highest BCUT2D eigenvalue weighted by molar-refractivity contribution is 9.10. The topological polar surface area (TPSA) is 88.7 Å². The second kappa shape index (κ2) is 8.42. The summed E-state index contributed by atoms with van der Waals surface area (Å²) in [6.45, 7) is -0.343. The normalized spacial score (nSPS) is 12.4. The molecule has 5 aromatic rings. The summed E-state index contributed by atoms with van der Waals surface area (Å²) >= 11 is 3.26. The van der Waals surface area contributed by atoms with Gasteiger partial charge in [0.1, 0.15) is 11.5 Å². The Morgan fingerprint density at radius 2 is 1.94 bits per heavy atom. The Morgan fingerprint density at radius 1 is 1.12 bits per heavy atom. The second-order valence-corrected chi connectivity index (χ2v) is 8.71. The molecule has 0 amide bonds. The van der Waals surface area contributed by atoms with Crippen LogP contribution in [0.3, 0.4) is 0 Å². The number of pyridine rings is 1. The summed E-state index contributed by atoms with van der Waals surface area (Å²) in [6.07, 6.45) is 5.27. The number of aromatic amines is 1. The Balaban J connectivity index is 1.54. The second-order valence-electron chi connectivity index (χ2n) is 7.80. The van der Waals surface area contributed by atoms with Crippen molar-refractivity contribution in [2.45, 2.75) is 6.04 Å². The van der Waals surface area contributed by atoms with Gasteiger partial charge in [0.05, 0.1) is 24.4 Å². The van der Waals surface area contributed by atoms with Crippen molar-refractivity contribution in [2.24, 2.45) is 7.05 Å². The number of fused-ring (bicyclic) bond motifs is 1. The van der Waals surface area contributed by atoms with E-state index in [4.69, 9.17) is 0 Å². The summed E-state index contributed by atoms with van der Waals surface area (Å²) in [4.78, 5) is 13.0. The van der Waals surface area contributed by atoms with Gasteiger partial charge < -0.3 is 9.67 Å². The van der Waals surface area contributed by atoms with E-state index in [0.717, 1.165) is 33.3 Å². The number of hydrogen-bond donors (Lipinski definition) is 2. The minimum Gasteiger partial charge on any atom is -0.394 e. The van der Waals surface area contributed by atoms with E-state index in [1.165, 1.54) is 22.8 Å². The zero-order valence-electron chi connectivity index (χ0n) is 17.5. The van der Waals surface area contributed by atoms with Crippen LogP contribution >= 0.6 is 15.9 Å². The van der Waals surface area contributed by atoms with Crippen molar-refractivity contribution < 1.29 is 9.50 Å². The summed E-state index contributed by atoms with van der Waals surface area (Å²) in [6, 6.07) is 12.8. The monoisotopic (exact) mass is 507 g/mol. The molecule has 0 radical (unpaired) electrons. The number of aryl methyl sites for hydroxylation is 1. The van der Waals surface area contributed by atoms with Gasteiger partial charge in [0.15, 0.2) is 0 Å². The third kappa shape index (κ3) is 4.01. The van der Waals surface area contributed by atoms with Crippen LogP contribution < -0.4 is 5.56 Å². The van der Waals surface area contributed by atoms with Crippen LogP contribution in [0.5, 0.6) is 0 Å². The van der Waals surface area contributed by atoms with Crippen LogP contribution in [-0.4, -0.2) is 36.3 Å². The first kappa shape index (κ1) is 21.3. The lowest BCUT2D eigenvalue weighted by atomic mass is 10.0. The average Bonchev–Trinajstić information content (AvgIpc) is 3.40. The van der Waals surface area contributed by atoms with Crippen LogP contribution in [0.2, 0.25) is 0 Å². The van der Waals surface area contributed by atoms with Gasteiger partial charge in [-0.2, -0.15) is 10.2 Å². The summed E-state index contributed by atoms with van der Waals surface area (Å²) in [7, 11) is 1.85. The van der Waals surface area contributed by atoms with Gasteiger partial charge in [-0.25, -0.2) is 4.39 Å². The van der Waals surface area contributed by atoms with Gasteiger partial charge in [-0.1, -0.05) is 22.0 Å². The van der Waals surface area contributed by atoms with E-state index in [1.807, 2.05) is 37.5 Å². The third-order valence-electron chi connectivity index (χ3n) is 5.60. The number of aliphatic hydroxyl groups excluding tert-OH is 1. The Bertz CT molecular complexity index is 1520. The number of benzene rings is 2. The van der Waals surface area contributed by atoms with E-state index >= 15 is 0 Å². The van der Waals surface area contributed by atoms with Gasteiger partial charge in [0.25, 0.3) is 5.56 Å². The molecular formula is C24H19BrFN5O2. The molecule has 0 saturated carbocycles. The quantitative estimate of drug-likeness (QED) is 0.371. The standard InChI is InChI=1S/C24H19BrFN5O2/c1-30-12-17(11-27-30)24-20-8-14(2-3-21(20)28-29-24)15-4-5-31(23(33)9-15)22(13-32)16-6-18(25)10-19(26)7-16/h2-12,22,32H,13H2,1H3,(H,28,29). The molecule has 3 aromatic heterocycles. The fourth-order valence-corrected chi connectivity index (χ4v) is 4.49. The summed E-state index contributed by atoms with van der Waals surface area (Å²) in [5.74, 6) is -0.444. The molecule has 166 valence electrons. The maximum Gasteiger partial charge on any atom is 0.251 e. The van der Waals surface area contributed by atoms with Crippen LogP contribution in [-0.2, 0) is 7.05 Å². The Labute approximate surface area is 196 Å². The fraction of sp³-hybridized carbons (Fsp3) is 0.125. The number of nitrogens with one attached hydrogen (secondary N) is 1. The maximum absolute atomic E-state index is 13.9. The molecule has 1 unspecified atom stereocenters. The molecule has 9 heteroatoms. The molecule has 2 N–H and O–H groups in total. The van der Waals surface area contributed by atoms with Crippen LogP contribution in [0.4, 0.5) is 4.39 Å². The minimum absolute atomic E-state index is 0.299. The summed E-state index contributed by atoms with van der Waals surface area (Å²) in [5.41, 5.74) is 4.34.